The molecular weight excluding hydrogens is 725 g/mol. The van der Waals surface area contributed by atoms with Crippen LogP contribution in [0.3, 0.4) is 0 Å². The third-order valence-corrected chi connectivity index (χ3v) is 11.8. The van der Waals surface area contributed by atoms with Crippen LogP contribution < -0.4 is 4.90 Å². The Morgan fingerprint density at radius 3 is 1.23 bits per heavy atom. The van der Waals surface area contributed by atoms with Crippen molar-refractivity contribution in [2.24, 2.45) is 0 Å². The van der Waals surface area contributed by atoms with E-state index in [1.807, 2.05) is 0 Å². The molecule has 0 bridgehead atoms. The lowest BCUT2D eigenvalue weighted by atomic mass is 10.00. The standard InChI is InChI=1S/C58H40N2/c1-3-12-41(13-4-1)43-22-24-44(25-23-43)46-28-35-51(36-29-46)59(50-33-26-45(27-34-50)42-14-5-2-6-15-42)52-37-30-47(31-38-52)49-17-11-18-53(40-49)60-57-21-10-9-20-55(57)56-39-32-48-16-7-8-19-54(48)58(56)60/h1-40H. The maximum Gasteiger partial charge on any atom is 0.0619 e. The summed E-state index contributed by atoms with van der Waals surface area (Å²) in [5, 5.41) is 5.03. The largest absolute Gasteiger partial charge is 0.311 e. The number of benzene rings is 10. The van der Waals surface area contributed by atoms with Crippen LogP contribution in [0.1, 0.15) is 0 Å². The van der Waals surface area contributed by atoms with Gasteiger partial charge in [-0.05, 0) is 104 Å². The lowest BCUT2D eigenvalue weighted by Crippen LogP contribution is -2.09. The monoisotopic (exact) mass is 764 g/mol. The van der Waals surface area contributed by atoms with Gasteiger partial charge in [0, 0.05) is 38.9 Å². The number of rotatable bonds is 8. The molecule has 282 valence electrons. The molecule has 0 atom stereocenters. The van der Waals surface area contributed by atoms with E-state index in [0.29, 0.717) is 0 Å². The normalized spacial score (nSPS) is 11.3. The van der Waals surface area contributed by atoms with E-state index in [1.165, 1.54) is 77.1 Å². The predicted molar refractivity (Wildman–Crippen MR) is 255 cm³/mol. The number of para-hydroxylation sites is 1. The Bertz CT molecular complexity index is 3250. The van der Waals surface area contributed by atoms with Gasteiger partial charge >= 0.3 is 0 Å². The maximum absolute atomic E-state index is 2.44. The molecular formula is C58H40N2. The molecule has 2 heteroatoms. The van der Waals surface area contributed by atoms with Crippen LogP contribution in [0.5, 0.6) is 0 Å². The van der Waals surface area contributed by atoms with Crippen LogP contribution in [0, 0.1) is 0 Å². The van der Waals surface area contributed by atoms with Gasteiger partial charge in [0.15, 0.2) is 0 Å². The second kappa shape index (κ2) is 15.1. The Balaban J connectivity index is 0.956. The molecule has 0 spiro atoms. The van der Waals surface area contributed by atoms with Gasteiger partial charge in [-0.1, -0.05) is 188 Å². The Morgan fingerprint density at radius 2 is 0.683 bits per heavy atom. The molecule has 0 saturated carbocycles. The average molecular weight is 765 g/mol. The zero-order valence-corrected chi connectivity index (χ0v) is 33.0. The van der Waals surface area contributed by atoms with Gasteiger partial charge in [-0.2, -0.15) is 0 Å². The van der Waals surface area contributed by atoms with Crippen LogP contribution in [0.2, 0.25) is 0 Å². The van der Waals surface area contributed by atoms with Crippen molar-refractivity contribution in [3.8, 4) is 50.2 Å². The van der Waals surface area contributed by atoms with Gasteiger partial charge < -0.3 is 9.47 Å². The summed E-state index contributed by atoms with van der Waals surface area (Å²) in [6.45, 7) is 0. The molecule has 0 aliphatic carbocycles. The first-order chi connectivity index (χ1) is 29.7. The van der Waals surface area contributed by atoms with Crippen molar-refractivity contribution in [2.75, 3.05) is 4.90 Å². The van der Waals surface area contributed by atoms with E-state index in [9.17, 15) is 0 Å². The maximum atomic E-state index is 2.44. The van der Waals surface area contributed by atoms with Crippen molar-refractivity contribution in [1.29, 1.82) is 0 Å². The van der Waals surface area contributed by atoms with Crippen LogP contribution in [0.25, 0.3) is 82.8 Å². The van der Waals surface area contributed by atoms with Crippen molar-refractivity contribution < 1.29 is 0 Å². The van der Waals surface area contributed by atoms with Gasteiger partial charge in [0.25, 0.3) is 0 Å². The van der Waals surface area contributed by atoms with E-state index in [2.05, 4.69) is 252 Å². The Morgan fingerprint density at radius 1 is 0.267 bits per heavy atom. The number of fused-ring (bicyclic) bond motifs is 5. The summed E-state index contributed by atoms with van der Waals surface area (Å²) >= 11 is 0. The number of nitrogens with zero attached hydrogens (tertiary/aromatic N) is 2. The number of hydrogen-bond acceptors (Lipinski definition) is 1. The lowest BCUT2D eigenvalue weighted by Gasteiger charge is -2.26. The highest BCUT2D eigenvalue weighted by atomic mass is 15.1. The highest BCUT2D eigenvalue weighted by molar-refractivity contribution is 6.18. The molecule has 0 N–H and O–H groups in total. The summed E-state index contributed by atoms with van der Waals surface area (Å²) in [6, 6.07) is 87.7. The molecule has 0 amide bonds. The quantitative estimate of drug-likeness (QED) is 0.150. The van der Waals surface area contributed by atoms with Gasteiger partial charge in [-0.3, -0.25) is 0 Å². The van der Waals surface area contributed by atoms with Crippen molar-refractivity contribution in [1.82, 2.24) is 4.57 Å². The fraction of sp³-hybridized carbons (Fsp3) is 0. The Labute approximate surface area is 350 Å². The second-order valence-corrected chi connectivity index (χ2v) is 15.4. The summed E-state index contributed by atoms with van der Waals surface area (Å²) in [4.78, 5) is 2.35. The van der Waals surface area contributed by atoms with Crippen LogP contribution in [0.15, 0.2) is 243 Å². The zero-order chi connectivity index (χ0) is 39.8. The molecule has 0 radical (unpaired) electrons. The van der Waals surface area contributed by atoms with E-state index in [-0.39, 0.29) is 0 Å². The van der Waals surface area contributed by atoms with Crippen molar-refractivity contribution in [2.45, 2.75) is 0 Å². The Hall–Kier alpha value is -7.94. The minimum atomic E-state index is 1.09. The number of aromatic nitrogens is 1. The van der Waals surface area contributed by atoms with Gasteiger partial charge in [-0.15, -0.1) is 0 Å². The second-order valence-electron chi connectivity index (χ2n) is 15.4. The minimum Gasteiger partial charge on any atom is -0.311 e. The highest BCUT2D eigenvalue weighted by Crippen LogP contribution is 2.40. The molecule has 11 rings (SSSR count). The SMILES string of the molecule is c1ccc(-c2ccc(-c3ccc(N(c4ccc(-c5ccccc5)cc4)c4ccc(-c5cccc(-n6c7ccccc7c7ccc8ccccc8c76)c5)cc4)cc3)cc2)cc1. The summed E-state index contributed by atoms with van der Waals surface area (Å²) in [6.07, 6.45) is 0. The molecule has 10 aromatic carbocycles. The molecule has 0 aliphatic rings. The number of anilines is 3. The summed E-state index contributed by atoms with van der Waals surface area (Å²) in [5.74, 6) is 0. The lowest BCUT2D eigenvalue weighted by molar-refractivity contribution is 1.19. The van der Waals surface area contributed by atoms with Crippen LogP contribution in [0.4, 0.5) is 17.1 Å². The van der Waals surface area contributed by atoms with Crippen molar-refractivity contribution >= 4 is 49.6 Å². The minimum absolute atomic E-state index is 1.09. The molecule has 11 aromatic rings. The molecule has 0 saturated heterocycles. The van der Waals surface area contributed by atoms with Crippen LogP contribution >= 0.6 is 0 Å². The van der Waals surface area contributed by atoms with E-state index >= 15 is 0 Å². The summed E-state index contributed by atoms with van der Waals surface area (Å²) < 4.78 is 2.44. The third-order valence-electron chi connectivity index (χ3n) is 11.8. The fourth-order valence-corrected chi connectivity index (χ4v) is 8.80. The summed E-state index contributed by atoms with van der Waals surface area (Å²) in [5.41, 5.74) is 16.5. The highest BCUT2D eigenvalue weighted by Gasteiger charge is 2.17. The molecule has 1 heterocycles. The smallest absolute Gasteiger partial charge is 0.0619 e. The van der Waals surface area contributed by atoms with Crippen molar-refractivity contribution in [3.63, 3.8) is 0 Å². The van der Waals surface area contributed by atoms with Crippen molar-refractivity contribution in [3.05, 3.63) is 243 Å². The molecule has 0 fully saturated rings. The van der Waals surface area contributed by atoms with E-state index < -0.39 is 0 Å². The molecule has 0 aliphatic heterocycles. The van der Waals surface area contributed by atoms with Gasteiger partial charge in [0.2, 0.25) is 0 Å². The average Bonchev–Trinajstić information content (AvgIpc) is 3.68. The summed E-state index contributed by atoms with van der Waals surface area (Å²) in [7, 11) is 0. The van der Waals surface area contributed by atoms with Gasteiger partial charge in [0.1, 0.15) is 0 Å². The fourth-order valence-electron chi connectivity index (χ4n) is 8.80. The first kappa shape index (κ1) is 35.2. The van der Waals surface area contributed by atoms with Gasteiger partial charge in [0.05, 0.1) is 11.0 Å². The van der Waals surface area contributed by atoms with Crippen LogP contribution in [-0.2, 0) is 0 Å². The predicted octanol–water partition coefficient (Wildman–Crippen LogP) is 16.1. The first-order valence-corrected chi connectivity index (χ1v) is 20.6. The third kappa shape index (κ3) is 6.41. The van der Waals surface area contributed by atoms with E-state index in [0.717, 1.165) is 22.7 Å². The Kier molecular flexibility index (Phi) is 8.87. The molecule has 1 aromatic heterocycles. The van der Waals surface area contributed by atoms with E-state index in [4.69, 9.17) is 0 Å². The molecule has 0 unspecified atom stereocenters. The first-order valence-electron chi connectivity index (χ1n) is 20.6. The topological polar surface area (TPSA) is 8.17 Å². The number of hydrogen-bond donors (Lipinski definition) is 0. The molecule has 60 heavy (non-hydrogen) atoms. The van der Waals surface area contributed by atoms with Crippen LogP contribution in [-0.4, -0.2) is 4.57 Å². The zero-order valence-electron chi connectivity index (χ0n) is 33.0. The van der Waals surface area contributed by atoms with Gasteiger partial charge in [-0.25, -0.2) is 0 Å². The molecule has 2 nitrogen and oxygen atoms in total. The van der Waals surface area contributed by atoms with E-state index in [1.54, 1.807) is 0 Å².